The zero-order valence-corrected chi connectivity index (χ0v) is 19.1. The maximum Gasteiger partial charge on any atom is 0.220 e. The molecule has 0 saturated heterocycles. The molecule has 148 valence electrons. The second-order valence-electron chi connectivity index (χ2n) is 9.45. The van der Waals surface area contributed by atoms with Crippen molar-refractivity contribution in [2.45, 2.75) is 73.1 Å². The van der Waals surface area contributed by atoms with Gasteiger partial charge in [0.15, 0.2) is 5.69 Å². The van der Waals surface area contributed by atoms with Crippen LogP contribution in [0.15, 0.2) is 36.4 Å². The Balaban J connectivity index is 2.43. The van der Waals surface area contributed by atoms with Crippen LogP contribution in [-0.2, 0) is 12.5 Å². The first kappa shape index (κ1) is 19.2. The molecule has 0 aliphatic carbocycles. The number of rotatable bonds is 3. The van der Waals surface area contributed by atoms with Crippen LogP contribution >= 0.6 is 0 Å². The van der Waals surface area contributed by atoms with E-state index in [1.54, 1.807) is 0 Å². The summed E-state index contributed by atoms with van der Waals surface area (Å²) >= 11 is 0. The third-order valence-corrected chi connectivity index (χ3v) is 6.42. The third kappa shape index (κ3) is 3.60. The molecule has 0 spiro atoms. The number of benzene rings is 2. The summed E-state index contributed by atoms with van der Waals surface area (Å²) in [4.78, 5) is 0. The Kier molecular flexibility index (Phi) is 5.04. The van der Waals surface area contributed by atoms with Crippen molar-refractivity contribution in [3.05, 3.63) is 64.3 Å². The predicted octanol–water partition coefficient (Wildman–Crippen LogP) is 7.07. The molecular formula is C27H36N+. The Labute approximate surface area is 172 Å². The second kappa shape index (κ2) is 7.35. The van der Waals surface area contributed by atoms with Gasteiger partial charge in [0, 0.05) is 13.0 Å². The minimum absolute atomic E-state index is 0.0930. The number of nitrogens with zero attached hydrogens (tertiary/aromatic N) is 1. The summed E-state index contributed by atoms with van der Waals surface area (Å²) in [5.74, 6) is 0.504. The zero-order valence-electron chi connectivity index (χ0n) is 20.1. The van der Waals surface area contributed by atoms with Crippen LogP contribution in [0.3, 0.4) is 0 Å². The van der Waals surface area contributed by atoms with Gasteiger partial charge in [-0.05, 0) is 71.4 Å². The smallest absolute Gasteiger partial charge is 0.198 e. The average Bonchev–Trinajstić information content (AvgIpc) is 2.67. The van der Waals surface area contributed by atoms with Crippen molar-refractivity contribution in [2.75, 3.05) is 0 Å². The molecule has 1 unspecified atom stereocenters. The number of fused-ring (bicyclic) bond motifs is 1. The molecule has 0 N–H and O–H groups in total. The molecule has 1 heteroatoms. The van der Waals surface area contributed by atoms with Crippen molar-refractivity contribution in [1.82, 2.24) is 0 Å². The molecule has 0 saturated carbocycles. The summed E-state index contributed by atoms with van der Waals surface area (Å²) in [7, 11) is 2.10. The first-order valence-corrected chi connectivity index (χ1v) is 10.5. The summed E-state index contributed by atoms with van der Waals surface area (Å²) in [6, 6.07) is 12.1. The van der Waals surface area contributed by atoms with Crippen molar-refractivity contribution < 1.29 is 5.94 Å². The van der Waals surface area contributed by atoms with Crippen LogP contribution < -0.4 is 4.57 Å². The fourth-order valence-corrected chi connectivity index (χ4v) is 3.91. The molecule has 0 amide bonds. The SMILES string of the molecule is [2H]c1c(C)[n+](C)c(-c2cc(C(C)(C)C)cc(C)c2C)c2ccc(C(C)CC)cc12. The van der Waals surface area contributed by atoms with Crippen LogP contribution in [0.2, 0.25) is 0 Å². The van der Waals surface area contributed by atoms with Gasteiger partial charge in [0.2, 0.25) is 5.69 Å². The van der Waals surface area contributed by atoms with E-state index in [0.717, 1.165) is 17.5 Å². The van der Waals surface area contributed by atoms with E-state index < -0.39 is 0 Å². The summed E-state index contributed by atoms with van der Waals surface area (Å²) in [6.45, 7) is 17.8. The molecule has 0 aliphatic heterocycles. The highest BCUT2D eigenvalue weighted by Gasteiger charge is 2.24. The lowest BCUT2D eigenvalue weighted by Gasteiger charge is -2.22. The largest absolute Gasteiger partial charge is 0.220 e. The van der Waals surface area contributed by atoms with Gasteiger partial charge < -0.3 is 0 Å². The van der Waals surface area contributed by atoms with Crippen molar-refractivity contribution >= 4 is 10.8 Å². The van der Waals surface area contributed by atoms with Gasteiger partial charge in [-0.1, -0.05) is 52.8 Å². The van der Waals surface area contributed by atoms with Gasteiger partial charge in [-0.15, -0.1) is 0 Å². The first-order chi connectivity index (χ1) is 13.5. The van der Waals surface area contributed by atoms with E-state index >= 15 is 0 Å². The van der Waals surface area contributed by atoms with E-state index in [4.69, 9.17) is 1.37 Å². The normalized spacial score (nSPS) is 13.7. The molecule has 1 nitrogen and oxygen atoms in total. The number of hydrogen-bond acceptors (Lipinski definition) is 0. The summed E-state index contributed by atoms with van der Waals surface area (Å²) in [5, 5.41) is 2.23. The average molecular weight is 376 g/mol. The van der Waals surface area contributed by atoms with E-state index in [-0.39, 0.29) is 5.41 Å². The number of hydrogen-bond donors (Lipinski definition) is 0. The lowest BCUT2D eigenvalue weighted by Crippen LogP contribution is -2.35. The Morgan fingerprint density at radius 3 is 2.36 bits per heavy atom. The second-order valence-corrected chi connectivity index (χ2v) is 9.45. The lowest BCUT2D eigenvalue weighted by molar-refractivity contribution is -0.665. The van der Waals surface area contributed by atoms with Crippen LogP contribution in [0.25, 0.3) is 22.0 Å². The van der Waals surface area contributed by atoms with E-state index in [1.807, 2.05) is 0 Å². The summed E-state index contributed by atoms with van der Waals surface area (Å²) < 4.78 is 11.0. The molecule has 28 heavy (non-hydrogen) atoms. The minimum atomic E-state index is 0.0930. The monoisotopic (exact) mass is 375 g/mol. The molecule has 1 heterocycles. The molecule has 0 fully saturated rings. The van der Waals surface area contributed by atoms with Crippen molar-refractivity contribution in [1.29, 1.82) is 0 Å². The van der Waals surface area contributed by atoms with Gasteiger partial charge in [0.1, 0.15) is 7.05 Å². The maximum absolute atomic E-state index is 8.80. The van der Waals surface area contributed by atoms with Gasteiger partial charge in [-0.3, -0.25) is 0 Å². The van der Waals surface area contributed by atoms with E-state index in [9.17, 15) is 0 Å². The molecule has 0 bridgehead atoms. The molecule has 3 rings (SSSR count). The Hall–Kier alpha value is -2.15. The number of aryl methyl sites for hydroxylation is 1. The Bertz CT molecular complexity index is 1090. The van der Waals surface area contributed by atoms with E-state index in [0.29, 0.717) is 12.0 Å². The van der Waals surface area contributed by atoms with Crippen LogP contribution in [0.4, 0.5) is 0 Å². The predicted molar refractivity (Wildman–Crippen MR) is 122 cm³/mol. The Morgan fingerprint density at radius 2 is 1.75 bits per heavy atom. The van der Waals surface area contributed by atoms with Crippen molar-refractivity contribution in [3.63, 3.8) is 0 Å². The van der Waals surface area contributed by atoms with Gasteiger partial charge in [0.25, 0.3) is 0 Å². The van der Waals surface area contributed by atoms with Gasteiger partial charge in [-0.2, -0.15) is 4.57 Å². The highest BCUT2D eigenvalue weighted by molar-refractivity contribution is 5.94. The standard InChI is InChI=1S/C27H36N/c1-10-17(2)21-11-12-24-22(15-21)14-19(4)28(9)26(24)25-16-23(27(6,7)8)13-18(3)20(25)5/h11-17H,10H2,1-9H3/q+1/i14D. The fraction of sp³-hybridized carbons (Fsp3) is 0.444. The fourth-order valence-electron chi connectivity index (χ4n) is 3.91. The van der Waals surface area contributed by atoms with Crippen molar-refractivity contribution in [2.24, 2.45) is 7.05 Å². The third-order valence-electron chi connectivity index (χ3n) is 6.42. The minimum Gasteiger partial charge on any atom is -0.198 e. The molecule has 1 aromatic heterocycles. The highest BCUT2D eigenvalue weighted by atomic mass is 14.9. The number of pyridine rings is 1. The van der Waals surface area contributed by atoms with Crippen LogP contribution in [0.5, 0.6) is 0 Å². The van der Waals surface area contributed by atoms with Crippen LogP contribution in [0.1, 0.15) is 76.3 Å². The first-order valence-electron chi connectivity index (χ1n) is 11.0. The Morgan fingerprint density at radius 1 is 1.07 bits per heavy atom. The van der Waals surface area contributed by atoms with Gasteiger partial charge in [0.05, 0.1) is 12.3 Å². The van der Waals surface area contributed by atoms with Gasteiger partial charge in [-0.25, -0.2) is 0 Å². The van der Waals surface area contributed by atoms with E-state index in [1.165, 1.54) is 38.9 Å². The number of aromatic nitrogens is 1. The highest BCUT2D eigenvalue weighted by Crippen LogP contribution is 2.35. The van der Waals surface area contributed by atoms with E-state index in [2.05, 4.69) is 97.3 Å². The molecule has 3 aromatic rings. The van der Waals surface area contributed by atoms with Crippen LogP contribution in [-0.4, -0.2) is 0 Å². The molecule has 1 atom stereocenters. The van der Waals surface area contributed by atoms with Crippen molar-refractivity contribution in [3.8, 4) is 11.3 Å². The molecule has 2 aromatic carbocycles. The molecule has 0 aliphatic rings. The molecular weight excluding hydrogens is 338 g/mol. The van der Waals surface area contributed by atoms with Crippen LogP contribution in [0, 0.1) is 20.8 Å². The topological polar surface area (TPSA) is 3.88 Å². The molecule has 0 radical (unpaired) electrons. The quantitative estimate of drug-likeness (QED) is 0.431. The summed E-state index contributed by atoms with van der Waals surface area (Å²) in [6.07, 6.45) is 1.11. The maximum atomic E-state index is 8.80. The van der Waals surface area contributed by atoms with Gasteiger partial charge >= 0.3 is 0 Å². The lowest BCUT2D eigenvalue weighted by atomic mass is 9.82. The zero-order chi connectivity index (χ0) is 21.7. The summed E-state index contributed by atoms with van der Waals surface area (Å²) in [5.41, 5.74) is 8.92.